The van der Waals surface area contributed by atoms with E-state index in [9.17, 15) is 4.79 Å². The van der Waals surface area contributed by atoms with E-state index in [1.54, 1.807) is 0 Å². The molecule has 0 aromatic carbocycles. The van der Waals surface area contributed by atoms with Crippen LogP contribution in [0.1, 0.15) is 0 Å². The Morgan fingerprint density at radius 2 is 2.20 bits per heavy atom. The zero-order chi connectivity index (χ0) is 3.86. The fourth-order valence-electron chi connectivity index (χ4n) is 0.112. The van der Waals surface area contributed by atoms with Gasteiger partial charge in [-0.1, -0.05) is 0 Å². The van der Waals surface area contributed by atoms with Crippen molar-refractivity contribution in [3.63, 3.8) is 0 Å². The molecule has 1 aliphatic rings. The minimum atomic E-state index is -0.338. The minimum Gasteiger partial charge on any atom is -0.330 e. The first-order valence-corrected chi connectivity index (χ1v) is 1.36. The Labute approximate surface area is 29.1 Å². The quantitative estimate of drug-likeness (QED) is 0.338. The molecule has 0 saturated carbocycles. The summed E-state index contributed by atoms with van der Waals surface area (Å²) >= 11 is 0. The van der Waals surface area contributed by atoms with Crippen LogP contribution in [0.2, 0.25) is 0 Å². The summed E-state index contributed by atoms with van der Waals surface area (Å²) in [4.78, 5) is 9.65. The second kappa shape index (κ2) is 0.490. The van der Waals surface area contributed by atoms with Crippen LogP contribution in [0.3, 0.4) is 0 Å². The number of amides is 1. The Morgan fingerprint density at radius 1 is 2.00 bits per heavy atom. The van der Waals surface area contributed by atoms with E-state index in [1.807, 2.05) is 0 Å². The molecule has 0 aliphatic carbocycles. The molecule has 1 fully saturated rings. The second-order valence-corrected chi connectivity index (χ2v) is 0.986. The Kier molecular flexibility index (Phi) is 0.260. The summed E-state index contributed by atoms with van der Waals surface area (Å²) in [7, 11) is 0. The third-order valence-corrected chi connectivity index (χ3v) is 0.497. The summed E-state index contributed by atoms with van der Waals surface area (Å²) in [6.45, 7) is 0. The van der Waals surface area contributed by atoms with Crippen molar-refractivity contribution in [2.24, 2.45) is 5.73 Å². The van der Waals surface area contributed by atoms with Gasteiger partial charge in [0.05, 0.1) is 0 Å². The van der Waals surface area contributed by atoms with Crippen molar-refractivity contribution >= 4 is 5.91 Å². The molecule has 0 aromatic heterocycles. The Balaban J connectivity index is 2.47. The van der Waals surface area contributed by atoms with Gasteiger partial charge in [0.25, 0.3) is 5.91 Å². The standard InChI is InChI=1S/C2H4N2O/c3-1-2(5)4-1/h1H,3H2,(H,4,5). The molecule has 28 valence electrons. The van der Waals surface area contributed by atoms with Crippen molar-refractivity contribution < 1.29 is 4.79 Å². The molecule has 0 spiro atoms. The van der Waals surface area contributed by atoms with E-state index in [1.165, 1.54) is 0 Å². The Hall–Kier alpha value is -0.570. The highest BCUT2D eigenvalue weighted by atomic mass is 16.2. The van der Waals surface area contributed by atoms with Crippen molar-refractivity contribution in [3.05, 3.63) is 0 Å². The number of nitrogens with two attached hydrogens (primary N) is 1. The number of carbonyl (C=O) groups excluding carboxylic acids is 1. The Morgan fingerprint density at radius 3 is 2.20 bits per heavy atom. The van der Waals surface area contributed by atoms with E-state index in [-0.39, 0.29) is 12.1 Å². The summed E-state index contributed by atoms with van der Waals surface area (Å²) in [5, 5.41) is 2.33. The average Bonchev–Trinajstić information content (AvgIpc) is 1.79. The van der Waals surface area contributed by atoms with Crippen LogP contribution >= 0.6 is 0 Å². The van der Waals surface area contributed by atoms with Crippen molar-refractivity contribution in [1.82, 2.24) is 5.32 Å². The normalized spacial score (nSPS) is 33.0. The molecule has 1 aliphatic heterocycles. The molecule has 1 atom stereocenters. The minimum absolute atomic E-state index is 0.0509. The van der Waals surface area contributed by atoms with E-state index in [4.69, 9.17) is 5.73 Å². The number of hydrogen-bond acceptors (Lipinski definition) is 2. The van der Waals surface area contributed by atoms with Gasteiger partial charge in [0.2, 0.25) is 0 Å². The summed E-state index contributed by atoms with van der Waals surface area (Å²) in [6, 6.07) is 0. The van der Waals surface area contributed by atoms with Gasteiger partial charge in [0.1, 0.15) is 0 Å². The van der Waals surface area contributed by atoms with Gasteiger partial charge in [-0.3, -0.25) is 4.79 Å². The maximum Gasteiger partial charge on any atom is 0.259 e. The van der Waals surface area contributed by atoms with Crippen molar-refractivity contribution in [2.45, 2.75) is 6.17 Å². The molecule has 5 heavy (non-hydrogen) atoms. The van der Waals surface area contributed by atoms with Gasteiger partial charge >= 0.3 is 0 Å². The van der Waals surface area contributed by atoms with Gasteiger partial charge in [0, 0.05) is 0 Å². The largest absolute Gasteiger partial charge is 0.330 e. The van der Waals surface area contributed by atoms with Gasteiger partial charge in [-0.05, 0) is 0 Å². The maximum atomic E-state index is 9.65. The molecular weight excluding hydrogens is 68.0 g/mol. The summed E-state index contributed by atoms with van der Waals surface area (Å²) in [5.41, 5.74) is 4.91. The molecule has 1 saturated heterocycles. The summed E-state index contributed by atoms with van der Waals surface area (Å²) in [5.74, 6) is -0.0509. The molecule has 0 radical (unpaired) electrons. The van der Waals surface area contributed by atoms with Gasteiger partial charge < -0.3 is 11.1 Å². The van der Waals surface area contributed by atoms with E-state index < -0.39 is 0 Å². The van der Waals surface area contributed by atoms with E-state index in [0.717, 1.165) is 0 Å². The van der Waals surface area contributed by atoms with Gasteiger partial charge in [-0.15, -0.1) is 0 Å². The molecule has 0 aromatic rings. The molecule has 3 nitrogen and oxygen atoms in total. The first kappa shape index (κ1) is 2.66. The van der Waals surface area contributed by atoms with Gasteiger partial charge in [0.15, 0.2) is 6.17 Å². The first-order valence-electron chi connectivity index (χ1n) is 1.36. The van der Waals surface area contributed by atoms with Crippen LogP contribution in [-0.2, 0) is 4.79 Å². The van der Waals surface area contributed by atoms with Crippen LogP contribution < -0.4 is 11.1 Å². The highest BCUT2D eigenvalue weighted by molar-refractivity contribution is 5.95. The van der Waals surface area contributed by atoms with E-state index in [0.29, 0.717) is 0 Å². The van der Waals surface area contributed by atoms with E-state index >= 15 is 0 Å². The molecule has 1 unspecified atom stereocenters. The maximum absolute atomic E-state index is 9.65. The zero-order valence-corrected chi connectivity index (χ0v) is 2.56. The van der Waals surface area contributed by atoms with Crippen LogP contribution in [0.4, 0.5) is 0 Å². The second-order valence-electron chi connectivity index (χ2n) is 0.986. The summed E-state index contributed by atoms with van der Waals surface area (Å²) in [6.07, 6.45) is -0.338. The van der Waals surface area contributed by atoms with Gasteiger partial charge in [-0.25, -0.2) is 0 Å². The van der Waals surface area contributed by atoms with Crippen LogP contribution in [0.15, 0.2) is 0 Å². The smallest absolute Gasteiger partial charge is 0.259 e. The van der Waals surface area contributed by atoms with Crippen LogP contribution in [0.5, 0.6) is 0 Å². The number of rotatable bonds is 0. The zero-order valence-electron chi connectivity index (χ0n) is 2.56. The molecule has 1 amide bonds. The van der Waals surface area contributed by atoms with E-state index in [2.05, 4.69) is 5.32 Å². The molecule has 1 rings (SSSR count). The van der Waals surface area contributed by atoms with Crippen molar-refractivity contribution in [3.8, 4) is 0 Å². The lowest BCUT2D eigenvalue weighted by atomic mass is 10.8. The van der Waals surface area contributed by atoms with Gasteiger partial charge in [-0.2, -0.15) is 0 Å². The fraction of sp³-hybridized carbons (Fsp3) is 0.500. The lowest BCUT2D eigenvalue weighted by Gasteiger charge is -1.53. The molecule has 3 N–H and O–H groups in total. The first-order chi connectivity index (χ1) is 2.30. The molecular formula is C2H4N2O. The number of hydrogen-bond donors (Lipinski definition) is 2. The number of carbonyl (C=O) groups is 1. The predicted octanol–water partition coefficient (Wildman–Crippen LogP) is -1.60. The topological polar surface area (TPSA) is 65.0 Å². The molecule has 1 heterocycles. The molecule has 0 bridgehead atoms. The van der Waals surface area contributed by atoms with Crippen LogP contribution in [-0.4, -0.2) is 12.1 Å². The Bertz CT molecular complexity index is 70.0. The summed E-state index contributed by atoms with van der Waals surface area (Å²) < 4.78 is 0. The van der Waals surface area contributed by atoms with Crippen molar-refractivity contribution in [1.29, 1.82) is 0 Å². The van der Waals surface area contributed by atoms with Crippen molar-refractivity contribution in [2.75, 3.05) is 0 Å². The lowest BCUT2D eigenvalue weighted by Crippen LogP contribution is -2.03. The lowest BCUT2D eigenvalue weighted by molar-refractivity contribution is -0.110. The third kappa shape index (κ3) is 0.238. The fourth-order valence-corrected chi connectivity index (χ4v) is 0.112. The monoisotopic (exact) mass is 72.0 g/mol. The van der Waals surface area contributed by atoms with Crippen LogP contribution in [0, 0.1) is 0 Å². The molecule has 3 heteroatoms. The average molecular weight is 72.1 g/mol. The highest BCUT2D eigenvalue weighted by Gasteiger charge is 2.27. The van der Waals surface area contributed by atoms with Crippen LogP contribution in [0.25, 0.3) is 0 Å². The highest BCUT2D eigenvalue weighted by Crippen LogP contribution is 1.84. The predicted molar refractivity (Wildman–Crippen MR) is 16.1 cm³/mol. The third-order valence-electron chi connectivity index (χ3n) is 0.497. The SMILES string of the molecule is NC1NC1=O. The number of nitrogens with one attached hydrogen (secondary N) is 1.